The van der Waals surface area contributed by atoms with Gasteiger partial charge in [-0.05, 0) is 37.5 Å². The second-order valence-electron chi connectivity index (χ2n) is 7.25. The third kappa shape index (κ3) is 4.67. The maximum Gasteiger partial charge on any atom is 0.243 e. The predicted molar refractivity (Wildman–Crippen MR) is 111 cm³/mol. The maximum absolute atomic E-state index is 13.1. The van der Waals surface area contributed by atoms with Gasteiger partial charge in [0.2, 0.25) is 10.0 Å². The lowest BCUT2D eigenvalue weighted by Gasteiger charge is -2.34. The highest BCUT2D eigenvalue weighted by molar-refractivity contribution is 7.89. The molecule has 2 aromatic carbocycles. The molecule has 0 bridgehead atoms. The molecule has 0 radical (unpaired) electrons. The van der Waals surface area contributed by atoms with Gasteiger partial charge in [0.15, 0.2) is 0 Å². The molecule has 1 aliphatic rings. The Balaban J connectivity index is 1.62. The van der Waals surface area contributed by atoms with Gasteiger partial charge in [0, 0.05) is 32.7 Å². The summed E-state index contributed by atoms with van der Waals surface area (Å²) in [5.41, 5.74) is 3.95. The van der Waals surface area contributed by atoms with E-state index in [9.17, 15) is 8.42 Å². The summed E-state index contributed by atoms with van der Waals surface area (Å²) in [6.07, 6.45) is 4.26. The highest BCUT2D eigenvalue weighted by Crippen LogP contribution is 2.26. The van der Waals surface area contributed by atoms with Gasteiger partial charge in [-0.15, -0.1) is 0 Å². The lowest BCUT2D eigenvalue weighted by molar-refractivity contribution is 0.204. The van der Waals surface area contributed by atoms with Crippen molar-refractivity contribution in [1.82, 2.24) is 9.21 Å². The van der Waals surface area contributed by atoms with E-state index >= 15 is 0 Å². The first kappa shape index (κ1) is 19.8. The molecule has 0 atom stereocenters. The molecule has 0 aliphatic carbocycles. The summed E-state index contributed by atoms with van der Waals surface area (Å²) in [5, 5.41) is 0. The molecule has 3 rings (SSSR count). The first-order valence-corrected chi connectivity index (χ1v) is 10.8. The SMILES string of the molecule is Cc1cc(C)c(S(=O)(=O)N2CCN(CC=Cc3ccccc3)CC2)c(C)c1. The molecule has 0 amide bonds. The quantitative estimate of drug-likeness (QED) is 0.790. The van der Waals surface area contributed by atoms with Crippen LogP contribution in [-0.4, -0.2) is 50.3 Å². The van der Waals surface area contributed by atoms with Gasteiger partial charge >= 0.3 is 0 Å². The van der Waals surface area contributed by atoms with Crippen molar-refractivity contribution in [2.24, 2.45) is 0 Å². The Morgan fingerprint density at radius 3 is 2.11 bits per heavy atom. The molecule has 0 aromatic heterocycles. The monoisotopic (exact) mass is 384 g/mol. The molecular formula is C22H28N2O2S. The fraction of sp³-hybridized carbons (Fsp3) is 0.364. The lowest BCUT2D eigenvalue weighted by Crippen LogP contribution is -2.48. The first-order valence-electron chi connectivity index (χ1n) is 9.40. The van der Waals surface area contributed by atoms with E-state index < -0.39 is 10.0 Å². The van der Waals surface area contributed by atoms with Crippen molar-refractivity contribution in [2.75, 3.05) is 32.7 Å². The Bertz CT molecular complexity index is 890. The Kier molecular flexibility index (Phi) is 6.15. The standard InChI is InChI=1S/C22H28N2O2S/c1-18-16-19(2)22(20(3)17-18)27(25,26)24-14-12-23(13-15-24)11-7-10-21-8-5-4-6-9-21/h4-10,16-17H,11-15H2,1-3H3. The number of hydrogen-bond acceptors (Lipinski definition) is 3. The molecule has 0 saturated carbocycles. The molecule has 1 heterocycles. The second kappa shape index (κ2) is 8.38. The molecule has 1 fully saturated rings. The fourth-order valence-corrected chi connectivity index (χ4v) is 5.59. The van der Waals surface area contributed by atoms with Crippen molar-refractivity contribution in [1.29, 1.82) is 0 Å². The molecule has 5 heteroatoms. The largest absolute Gasteiger partial charge is 0.297 e. The fourth-order valence-electron chi connectivity index (χ4n) is 3.76. The van der Waals surface area contributed by atoms with E-state index in [4.69, 9.17) is 0 Å². The first-order chi connectivity index (χ1) is 12.9. The van der Waals surface area contributed by atoms with E-state index in [1.165, 1.54) is 5.56 Å². The van der Waals surface area contributed by atoms with E-state index in [0.29, 0.717) is 18.0 Å². The van der Waals surface area contributed by atoms with Gasteiger partial charge in [-0.2, -0.15) is 4.31 Å². The Labute approximate surface area is 163 Å². The van der Waals surface area contributed by atoms with Crippen LogP contribution in [0.5, 0.6) is 0 Å². The summed E-state index contributed by atoms with van der Waals surface area (Å²) in [6.45, 7) is 9.19. The molecule has 144 valence electrons. The average molecular weight is 385 g/mol. The van der Waals surface area contributed by atoms with E-state index in [1.807, 2.05) is 51.1 Å². The van der Waals surface area contributed by atoms with Crippen molar-refractivity contribution in [3.63, 3.8) is 0 Å². The van der Waals surface area contributed by atoms with E-state index in [2.05, 4.69) is 29.2 Å². The minimum absolute atomic E-state index is 0.477. The van der Waals surface area contributed by atoms with Crippen LogP contribution in [0, 0.1) is 20.8 Å². The van der Waals surface area contributed by atoms with Gasteiger partial charge in [-0.3, -0.25) is 4.90 Å². The normalized spacial score (nSPS) is 16.9. The topological polar surface area (TPSA) is 40.6 Å². The van der Waals surface area contributed by atoms with Crippen LogP contribution in [-0.2, 0) is 10.0 Å². The minimum atomic E-state index is -3.44. The molecule has 0 spiro atoms. The Hall–Kier alpha value is -1.95. The molecule has 0 unspecified atom stereocenters. The molecule has 2 aromatic rings. The molecule has 1 saturated heterocycles. The van der Waals surface area contributed by atoms with Gasteiger partial charge in [-0.25, -0.2) is 8.42 Å². The summed E-state index contributed by atoms with van der Waals surface area (Å²) in [7, 11) is -3.44. The number of piperazine rings is 1. The number of benzene rings is 2. The Morgan fingerprint density at radius 1 is 0.926 bits per heavy atom. The molecular weight excluding hydrogens is 356 g/mol. The maximum atomic E-state index is 13.1. The molecule has 1 aliphatic heterocycles. The van der Waals surface area contributed by atoms with Gasteiger partial charge in [0.1, 0.15) is 0 Å². The third-order valence-corrected chi connectivity index (χ3v) is 7.21. The zero-order valence-electron chi connectivity index (χ0n) is 16.4. The smallest absolute Gasteiger partial charge is 0.243 e. The van der Waals surface area contributed by atoms with Crippen LogP contribution < -0.4 is 0 Å². The predicted octanol–water partition coefficient (Wildman–Crippen LogP) is 3.63. The summed E-state index contributed by atoms with van der Waals surface area (Å²) in [5.74, 6) is 0. The summed E-state index contributed by atoms with van der Waals surface area (Å²) < 4.78 is 27.9. The summed E-state index contributed by atoms with van der Waals surface area (Å²) in [4.78, 5) is 2.77. The van der Waals surface area contributed by atoms with Crippen molar-refractivity contribution < 1.29 is 8.42 Å². The molecule has 0 N–H and O–H groups in total. The van der Waals surface area contributed by atoms with Crippen LogP contribution in [0.25, 0.3) is 6.08 Å². The third-order valence-electron chi connectivity index (χ3n) is 5.01. The minimum Gasteiger partial charge on any atom is -0.297 e. The number of hydrogen-bond donors (Lipinski definition) is 0. The van der Waals surface area contributed by atoms with Crippen LogP contribution in [0.15, 0.2) is 53.4 Å². The number of aryl methyl sites for hydroxylation is 3. The average Bonchev–Trinajstić information content (AvgIpc) is 2.62. The number of nitrogens with zero attached hydrogens (tertiary/aromatic N) is 2. The zero-order valence-corrected chi connectivity index (χ0v) is 17.2. The van der Waals surface area contributed by atoms with Crippen LogP contribution in [0.2, 0.25) is 0 Å². The van der Waals surface area contributed by atoms with Crippen LogP contribution in [0.4, 0.5) is 0 Å². The van der Waals surface area contributed by atoms with Gasteiger partial charge in [0.05, 0.1) is 4.90 Å². The van der Waals surface area contributed by atoms with Crippen molar-refractivity contribution >= 4 is 16.1 Å². The zero-order chi connectivity index (χ0) is 19.4. The van der Waals surface area contributed by atoms with E-state index in [1.54, 1.807) is 4.31 Å². The van der Waals surface area contributed by atoms with E-state index in [-0.39, 0.29) is 0 Å². The molecule has 27 heavy (non-hydrogen) atoms. The summed E-state index contributed by atoms with van der Waals surface area (Å²) >= 11 is 0. The Morgan fingerprint density at radius 2 is 1.52 bits per heavy atom. The lowest BCUT2D eigenvalue weighted by atomic mass is 10.1. The highest BCUT2D eigenvalue weighted by atomic mass is 32.2. The highest BCUT2D eigenvalue weighted by Gasteiger charge is 2.30. The van der Waals surface area contributed by atoms with Crippen molar-refractivity contribution in [3.05, 3.63) is 70.8 Å². The summed E-state index contributed by atoms with van der Waals surface area (Å²) in [6, 6.07) is 14.1. The van der Waals surface area contributed by atoms with Crippen molar-refractivity contribution in [2.45, 2.75) is 25.7 Å². The molecule has 4 nitrogen and oxygen atoms in total. The number of sulfonamides is 1. The van der Waals surface area contributed by atoms with Gasteiger partial charge in [0.25, 0.3) is 0 Å². The van der Waals surface area contributed by atoms with Gasteiger partial charge in [-0.1, -0.05) is 60.2 Å². The van der Waals surface area contributed by atoms with Crippen LogP contribution in [0.3, 0.4) is 0 Å². The van der Waals surface area contributed by atoms with Crippen LogP contribution >= 0.6 is 0 Å². The van der Waals surface area contributed by atoms with Crippen LogP contribution in [0.1, 0.15) is 22.3 Å². The van der Waals surface area contributed by atoms with Gasteiger partial charge < -0.3 is 0 Å². The number of rotatable bonds is 5. The second-order valence-corrected chi connectivity index (χ2v) is 9.12. The van der Waals surface area contributed by atoms with E-state index in [0.717, 1.165) is 36.3 Å². The van der Waals surface area contributed by atoms with Crippen molar-refractivity contribution in [3.8, 4) is 0 Å².